The van der Waals surface area contributed by atoms with Crippen molar-refractivity contribution < 1.29 is 0 Å². The second-order valence-corrected chi connectivity index (χ2v) is 5.54. The average molecular weight is 248 g/mol. The van der Waals surface area contributed by atoms with E-state index in [0.717, 1.165) is 29.4 Å². The number of H-pyrrole nitrogens is 1. The average Bonchev–Trinajstić information content (AvgIpc) is 3.00. The first-order chi connectivity index (χ1) is 8.33. The number of hydrogen-bond donors (Lipinski definition) is 2. The van der Waals surface area contributed by atoms with Crippen LogP contribution in [0.15, 0.2) is 17.8 Å². The molecule has 2 atom stereocenters. The Kier molecular flexibility index (Phi) is 2.94. The first kappa shape index (κ1) is 10.9. The summed E-state index contributed by atoms with van der Waals surface area (Å²) in [5, 5.41) is 2.98. The smallest absolute Gasteiger partial charge is 0.141 e. The molecule has 3 N–H and O–H groups in total. The van der Waals surface area contributed by atoms with Gasteiger partial charge in [0, 0.05) is 23.5 Å². The lowest BCUT2D eigenvalue weighted by atomic mass is 9.86. The SMILES string of the molecule is NC1CCCC(c2ncc(-c3nccs3)[nH]2)C1. The Hall–Kier alpha value is -1.20. The molecule has 3 rings (SSSR count). The zero-order valence-corrected chi connectivity index (χ0v) is 10.4. The van der Waals surface area contributed by atoms with E-state index in [9.17, 15) is 0 Å². The summed E-state index contributed by atoms with van der Waals surface area (Å²) < 4.78 is 0. The molecule has 0 aliphatic heterocycles. The van der Waals surface area contributed by atoms with Crippen LogP contribution in [-0.2, 0) is 0 Å². The lowest BCUT2D eigenvalue weighted by Gasteiger charge is -2.24. The Bertz CT molecular complexity index is 476. The maximum absolute atomic E-state index is 6.01. The second kappa shape index (κ2) is 4.58. The van der Waals surface area contributed by atoms with Crippen LogP contribution in [0, 0.1) is 0 Å². The van der Waals surface area contributed by atoms with Crippen molar-refractivity contribution in [2.75, 3.05) is 0 Å². The van der Waals surface area contributed by atoms with Gasteiger partial charge in [0.2, 0.25) is 0 Å². The Morgan fingerprint density at radius 3 is 3.06 bits per heavy atom. The molecule has 1 aliphatic rings. The number of aromatic nitrogens is 3. The van der Waals surface area contributed by atoms with Crippen molar-refractivity contribution in [3.8, 4) is 10.7 Å². The van der Waals surface area contributed by atoms with E-state index in [0.29, 0.717) is 12.0 Å². The van der Waals surface area contributed by atoms with E-state index < -0.39 is 0 Å². The largest absolute Gasteiger partial charge is 0.340 e. The first-order valence-corrected chi connectivity index (χ1v) is 6.91. The molecule has 90 valence electrons. The van der Waals surface area contributed by atoms with Gasteiger partial charge in [0.05, 0.1) is 11.9 Å². The number of imidazole rings is 1. The van der Waals surface area contributed by atoms with Crippen molar-refractivity contribution in [2.24, 2.45) is 5.73 Å². The van der Waals surface area contributed by atoms with Gasteiger partial charge in [-0.15, -0.1) is 11.3 Å². The number of aromatic amines is 1. The molecular weight excluding hydrogens is 232 g/mol. The van der Waals surface area contributed by atoms with Gasteiger partial charge in [-0.25, -0.2) is 9.97 Å². The summed E-state index contributed by atoms with van der Waals surface area (Å²) in [5.74, 6) is 1.57. The molecule has 1 saturated carbocycles. The van der Waals surface area contributed by atoms with Crippen molar-refractivity contribution in [3.05, 3.63) is 23.6 Å². The second-order valence-electron chi connectivity index (χ2n) is 4.64. The summed E-state index contributed by atoms with van der Waals surface area (Å²) in [5.41, 5.74) is 7.03. The summed E-state index contributed by atoms with van der Waals surface area (Å²) in [6.07, 6.45) is 8.30. The monoisotopic (exact) mass is 248 g/mol. The highest BCUT2D eigenvalue weighted by Crippen LogP contribution is 2.31. The Labute approximate surface area is 104 Å². The predicted octanol–water partition coefficient (Wildman–Crippen LogP) is 2.52. The number of nitrogens with one attached hydrogen (secondary N) is 1. The van der Waals surface area contributed by atoms with Gasteiger partial charge >= 0.3 is 0 Å². The molecule has 0 saturated heterocycles. The van der Waals surface area contributed by atoms with Gasteiger partial charge in [0.15, 0.2) is 0 Å². The van der Waals surface area contributed by atoms with E-state index in [1.165, 1.54) is 12.8 Å². The van der Waals surface area contributed by atoms with Crippen molar-refractivity contribution in [2.45, 2.75) is 37.6 Å². The fourth-order valence-electron chi connectivity index (χ4n) is 2.49. The normalized spacial score (nSPS) is 25.0. The van der Waals surface area contributed by atoms with E-state index in [-0.39, 0.29) is 0 Å². The standard InChI is InChI=1S/C12H16N4S/c13-9-3-1-2-8(6-9)11-15-7-10(16-11)12-14-4-5-17-12/h4-5,7-9H,1-3,6,13H2,(H,15,16). The minimum atomic E-state index is 0.335. The zero-order valence-electron chi connectivity index (χ0n) is 9.60. The van der Waals surface area contributed by atoms with E-state index in [1.54, 1.807) is 11.3 Å². The molecule has 17 heavy (non-hydrogen) atoms. The van der Waals surface area contributed by atoms with Gasteiger partial charge in [0.25, 0.3) is 0 Å². The maximum Gasteiger partial charge on any atom is 0.141 e. The van der Waals surface area contributed by atoms with Gasteiger partial charge in [-0.05, 0) is 19.3 Å². The summed E-state index contributed by atoms with van der Waals surface area (Å²) in [7, 11) is 0. The molecule has 5 heteroatoms. The van der Waals surface area contributed by atoms with Gasteiger partial charge < -0.3 is 10.7 Å². The zero-order chi connectivity index (χ0) is 11.7. The predicted molar refractivity (Wildman–Crippen MR) is 68.9 cm³/mol. The van der Waals surface area contributed by atoms with Crippen molar-refractivity contribution >= 4 is 11.3 Å². The fraction of sp³-hybridized carbons (Fsp3) is 0.500. The quantitative estimate of drug-likeness (QED) is 0.858. The van der Waals surface area contributed by atoms with E-state index in [2.05, 4.69) is 15.0 Å². The highest BCUT2D eigenvalue weighted by atomic mass is 32.1. The molecule has 0 spiro atoms. The Morgan fingerprint density at radius 1 is 1.35 bits per heavy atom. The van der Waals surface area contributed by atoms with Gasteiger partial charge in [-0.3, -0.25) is 0 Å². The summed E-state index contributed by atoms with van der Waals surface area (Å²) >= 11 is 1.63. The molecular formula is C12H16N4S. The van der Waals surface area contributed by atoms with Crippen LogP contribution >= 0.6 is 11.3 Å². The van der Waals surface area contributed by atoms with Crippen LogP contribution in [0.2, 0.25) is 0 Å². The number of hydrogen-bond acceptors (Lipinski definition) is 4. The third-order valence-electron chi connectivity index (χ3n) is 3.36. The molecule has 0 aromatic carbocycles. The van der Waals surface area contributed by atoms with Crippen LogP contribution in [0.4, 0.5) is 0 Å². The maximum atomic E-state index is 6.01. The third kappa shape index (κ3) is 2.25. The van der Waals surface area contributed by atoms with Crippen molar-refractivity contribution in [1.29, 1.82) is 0 Å². The molecule has 0 bridgehead atoms. The van der Waals surface area contributed by atoms with Gasteiger partial charge in [0.1, 0.15) is 10.8 Å². The van der Waals surface area contributed by atoms with Gasteiger partial charge in [-0.1, -0.05) is 6.42 Å². The lowest BCUT2D eigenvalue weighted by Crippen LogP contribution is -2.27. The van der Waals surface area contributed by atoms with Crippen LogP contribution < -0.4 is 5.73 Å². The minimum Gasteiger partial charge on any atom is -0.340 e. The molecule has 2 unspecified atom stereocenters. The van der Waals surface area contributed by atoms with Gasteiger partial charge in [-0.2, -0.15) is 0 Å². The topological polar surface area (TPSA) is 67.6 Å². The minimum absolute atomic E-state index is 0.335. The number of rotatable bonds is 2. The molecule has 1 aliphatic carbocycles. The fourth-order valence-corrected chi connectivity index (χ4v) is 3.09. The third-order valence-corrected chi connectivity index (χ3v) is 4.17. The lowest BCUT2D eigenvalue weighted by molar-refractivity contribution is 0.383. The molecule has 2 heterocycles. The summed E-state index contributed by atoms with van der Waals surface area (Å²) in [4.78, 5) is 12.2. The highest BCUT2D eigenvalue weighted by Gasteiger charge is 2.23. The van der Waals surface area contributed by atoms with E-state index in [1.807, 2.05) is 17.8 Å². The summed E-state index contributed by atoms with van der Waals surface area (Å²) in [6, 6.07) is 0.335. The van der Waals surface area contributed by atoms with E-state index >= 15 is 0 Å². The number of nitrogens with zero attached hydrogens (tertiary/aromatic N) is 2. The van der Waals surface area contributed by atoms with Crippen LogP contribution in [-0.4, -0.2) is 21.0 Å². The first-order valence-electron chi connectivity index (χ1n) is 6.03. The molecule has 0 amide bonds. The molecule has 4 nitrogen and oxygen atoms in total. The van der Waals surface area contributed by atoms with Crippen molar-refractivity contribution in [1.82, 2.24) is 15.0 Å². The van der Waals surface area contributed by atoms with E-state index in [4.69, 9.17) is 5.73 Å². The number of nitrogens with two attached hydrogens (primary N) is 1. The number of thiazole rings is 1. The Morgan fingerprint density at radius 2 is 2.29 bits per heavy atom. The highest BCUT2D eigenvalue weighted by molar-refractivity contribution is 7.13. The Balaban J connectivity index is 1.80. The van der Waals surface area contributed by atoms with Crippen molar-refractivity contribution in [3.63, 3.8) is 0 Å². The van der Waals surface area contributed by atoms with Crippen LogP contribution in [0.25, 0.3) is 10.7 Å². The van der Waals surface area contributed by atoms with Crippen LogP contribution in [0.5, 0.6) is 0 Å². The molecule has 2 aromatic heterocycles. The van der Waals surface area contributed by atoms with Crippen LogP contribution in [0.3, 0.4) is 0 Å². The molecule has 0 radical (unpaired) electrons. The van der Waals surface area contributed by atoms with Crippen LogP contribution in [0.1, 0.15) is 37.4 Å². The molecule has 2 aromatic rings. The molecule has 1 fully saturated rings. The summed E-state index contributed by atoms with van der Waals surface area (Å²) in [6.45, 7) is 0.